The molecule has 2 fully saturated rings. The molecule has 0 aromatic heterocycles. The Morgan fingerprint density at radius 2 is 1.71 bits per heavy atom. The lowest BCUT2D eigenvalue weighted by Gasteiger charge is -2.59. The maximum absolute atomic E-state index is 14.0. The van der Waals surface area contributed by atoms with Crippen LogP contribution in [0.2, 0.25) is 5.02 Å². The van der Waals surface area contributed by atoms with Gasteiger partial charge in [0.2, 0.25) is 5.91 Å². The predicted octanol–water partition coefficient (Wildman–Crippen LogP) is 6.12. The summed E-state index contributed by atoms with van der Waals surface area (Å²) in [5, 5.41) is 3.68. The number of hydrogen-bond donors (Lipinski definition) is 1. The van der Waals surface area contributed by atoms with Gasteiger partial charge < -0.3 is 15.1 Å². The van der Waals surface area contributed by atoms with Crippen LogP contribution in [0.3, 0.4) is 0 Å². The second-order valence-corrected chi connectivity index (χ2v) is 9.77. The molecule has 2 aliphatic heterocycles. The lowest BCUT2D eigenvalue weighted by atomic mass is 9.62. The fourth-order valence-corrected chi connectivity index (χ4v) is 5.48. The van der Waals surface area contributed by atoms with Gasteiger partial charge in [-0.2, -0.15) is 0 Å². The first-order valence-corrected chi connectivity index (χ1v) is 12.2. The van der Waals surface area contributed by atoms with Gasteiger partial charge in [0.05, 0.1) is 17.5 Å². The Morgan fingerprint density at radius 3 is 2.37 bits per heavy atom. The number of rotatable bonds is 4. The van der Waals surface area contributed by atoms with E-state index in [1.54, 1.807) is 21.9 Å². The van der Waals surface area contributed by atoms with Gasteiger partial charge in [0.25, 0.3) is 0 Å². The van der Waals surface area contributed by atoms with Crippen molar-refractivity contribution in [2.75, 3.05) is 18.0 Å². The molecule has 5 rings (SSSR count). The average Bonchev–Trinajstić information content (AvgIpc) is 2.88. The third-order valence-electron chi connectivity index (χ3n) is 7.28. The van der Waals surface area contributed by atoms with Crippen LogP contribution in [0.1, 0.15) is 43.0 Å². The minimum atomic E-state index is -0.637. The van der Waals surface area contributed by atoms with Gasteiger partial charge in [0.15, 0.2) is 0 Å². The molecule has 1 spiro atoms. The molecule has 0 bridgehead atoms. The Hall–Kier alpha value is -3.38. The van der Waals surface area contributed by atoms with Crippen LogP contribution in [0.25, 0.3) is 0 Å². The topological polar surface area (TPSA) is 52.7 Å². The molecule has 3 aromatic carbocycles. The normalized spacial score (nSPS) is 19.9. The number of piperidine rings is 1. The fraction of sp³-hybridized carbons (Fsp3) is 0.286. The maximum Gasteiger partial charge on any atom is 0.317 e. The number of β-lactam (4-membered cyclic amide) rings is 1. The summed E-state index contributed by atoms with van der Waals surface area (Å²) in [6.45, 7) is 2.90. The number of likely N-dealkylation sites (tertiary alicyclic amines) is 1. The number of carbonyl (C=O) groups is 2. The second-order valence-electron chi connectivity index (χ2n) is 9.33. The van der Waals surface area contributed by atoms with E-state index in [0.717, 1.165) is 11.1 Å². The highest BCUT2D eigenvalue weighted by atomic mass is 35.5. The van der Waals surface area contributed by atoms with Gasteiger partial charge in [0, 0.05) is 23.8 Å². The quantitative estimate of drug-likeness (QED) is 0.447. The number of nitrogens with zero attached hydrogens (tertiary/aromatic N) is 2. The van der Waals surface area contributed by atoms with E-state index in [2.05, 4.69) is 5.32 Å². The van der Waals surface area contributed by atoms with Crippen LogP contribution in [-0.2, 0) is 4.79 Å². The lowest BCUT2D eigenvalue weighted by Crippen LogP contribution is -2.67. The molecule has 0 aliphatic carbocycles. The summed E-state index contributed by atoms with van der Waals surface area (Å²) in [5.41, 5.74) is 1.89. The zero-order valence-corrected chi connectivity index (χ0v) is 20.2. The molecule has 5 nitrogen and oxygen atoms in total. The molecule has 0 saturated carbocycles. The van der Waals surface area contributed by atoms with Crippen LogP contribution in [-0.4, -0.2) is 29.9 Å². The molecule has 3 aromatic rings. The molecule has 35 heavy (non-hydrogen) atoms. The zero-order chi connectivity index (χ0) is 24.6. The van der Waals surface area contributed by atoms with Crippen molar-refractivity contribution in [1.29, 1.82) is 0 Å². The predicted molar refractivity (Wildman–Crippen MR) is 135 cm³/mol. The van der Waals surface area contributed by atoms with Gasteiger partial charge in [-0.25, -0.2) is 9.18 Å². The van der Waals surface area contributed by atoms with Crippen LogP contribution >= 0.6 is 11.6 Å². The highest BCUT2D eigenvalue weighted by Gasteiger charge is 2.62. The molecule has 2 heterocycles. The maximum atomic E-state index is 14.0. The van der Waals surface area contributed by atoms with Crippen molar-refractivity contribution in [3.63, 3.8) is 0 Å². The van der Waals surface area contributed by atoms with E-state index in [0.29, 0.717) is 36.6 Å². The number of urea groups is 1. The average molecular weight is 492 g/mol. The van der Waals surface area contributed by atoms with Crippen molar-refractivity contribution < 1.29 is 14.0 Å². The molecule has 0 radical (unpaired) electrons. The van der Waals surface area contributed by atoms with Crippen molar-refractivity contribution in [2.24, 2.45) is 5.41 Å². The molecule has 2 saturated heterocycles. The van der Waals surface area contributed by atoms with Gasteiger partial charge in [-0.15, -0.1) is 0 Å². The van der Waals surface area contributed by atoms with Crippen LogP contribution < -0.4 is 10.2 Å². The third kappa shape index (κ3) is 4.27. The van der Waals surface area contributed by atoms with Gasteiger partial charge >= 0.3 is 6.03 Å². The van der Waals surface area contributed by atoms with Crippen LogP contribution in [0, 0.1) is 11.2 Å². The monoisotopic (exact) mass is 491 g/mol. The number of benzene rings is 3. The zero-order valence-electron chi connectivity index (χ0n) is 19.5. The Morgan fingerprint density at radius 1 is 1.03 bits per heavy atom. The van der Waals surface area contributed by atoms with Gasteiger partial charge in [0.1, 0.15) is 5.82 Å². The highest BCUT2D eigenvalue weighted by Crippen LogP contribution is 2.57. The first-order chi connectivity index (χ1) is 16.9. The summed E-state index contributed by atoms with van der Waals surface area (Å²) in [5.74, 6) is -0.411. The van der Waals surface area contributed by atoms with E-state index in [1.807, 2.05) is 61.5 Å². The number of hydrogen-bond acceptors (Lipinski definition) is 2. The molecule has 3 amide bonds. The van der Waals surface area contributed by atoms with Crippen molar-refractivity contribution >= 4 is 29.2 Å². The van der Waals surface area contributed by atoms with Crippen molar-refractivity contribution in [3.8, 4) is 0 Å². The molecule has 2 aliphatic rings. The summed E-state index contributed by atoms with van der Waals surface area (Å²) in [6.07, 6.45) is 1.08. The number of halogens is 2. The van der Waals surface area contributed by atoms with Crippen LogP contribution in [0.4, 0.5) is 14.9 Å². The first-order valence-electron chi connectivity index (χ1n) is 11.8. The summed E-state index contributed by atoms with van der Waals surface area (Å²) < 4.78 is 14.0. The van der Waals surface area contributed by atoms with Crippen molar-refractivity contribution in [3.05, 3.63) is 101 Å². The van der Waals surface area contributed by atoms with Crippen LogP contribution in [0.15, 0.2) is 78.9 Å². The third-order valence-corrected chi connectivity index (χ3v) is 7.53. The van der Waals surface area contributed by atoms with Gasteiger partial charge in [-0.1, -0.05) is 60.1 Å². The van der Waals surface area contributed by atoms with E-state index >= 15 is 0 Å². The van der Waals surface area contributed by atoms with Gasteiger partial charge in [-0.05, 0) is 61.2 Å². The molecule has 180 valence electrons. The first kappa shape index (κ1) is 23.4. The summed E-state index contributed by atoms with van der Waals surface area (Å²) in [7, 11) is 0. The second kappa shape index (κ2) is 9.34. The van der Waals surface area contributed by atoms with Crippen molar-refractivity contribution in [2.45, 2.75) is 31.8 Å². The number of amides is 3. The standard InChI is InChI=1S/C28H27ClFN3O2/c1-19(20-6-3-2-4-7-20)31-27(35)32-16-14-28(15-17-32)25(21-10-12-22(29)13-11-21)33(26(28)34)24-9-5-8-23(30)18-24/h2-13,18-19,25H,14-17H2,1H3,(H,31,35)/t19-,25?/m1/s1. The van der Waals surface area contributed by atoms with E-state index in [1.165, 1.54) is 12.1 Å². The molecule has 2 atom stereocenters. The SMILES string of the molecule is C[C@@H](NC(=O)N1CCC2(CC1)C(=O)N(c1cccc(F)c1)C2c1ccc(Cl)cc1)c1ccccc1. The van der Waals surface area contributed by atoms with E-state index in [-0.39, 0.29) is 29.8 Å². The Balaban J connectivity index is 1.35. The molecule has 1 N–H and O–H groups in total. The number of anilines is 1. The number of nitrogens with one attached hydrogen (secondary N) is 1. The molecular weight excluding hydrogens is 465 g/mol. The van der Waals surface area contributed by atoms with Gasteiger partial charge in [-0.3, -0.25) is 4.79 Å². The minimum Gasteiger partial charge on any atom is -0.331 e. The minimum absolute atomic E-state index is 0.0271. The smallest absolute Gasteiger partial charge is 0.317 e. The van der Waals surface area contributed by atoms with E-state index in [4.69, 9.17) is 11.6 Å². The van der Waals surface area contributed by atoms with E-state index in [9.17, 15) is 14.0 Å². The fourth-order valence-electron chi connectivity index (χ4n) is 5.36. The lowest BCUT2D eigenvalue weighted by molar-refractivity contribution is -0.144. The molecular formula is C28H27ClFN3O2. The van der Waals surface area contributed by atoms with E-state index < -0.39 is 5.41 Å². The highest BCUT2D eigenvalue weighted by molar-refractivity contribution is 6.30. The Labute approximate surface area is 209 Å². The molecule has 1 unspecified atom stereocenters. The summed E-state index contributed by atoms with van der Waals surface area (Å²) in [4.78, 5) is 30.0. The largest absolute Gasteiger partial charge is 0.331 e. The Bertz CT molecular complexity index is 1230. The van der Waals surface area contributed by atoms with Crippen LogP contribution in [0.5, 0.6) is 0 Å². The van der Waals surface area contributed by atoms with Crippen molar-refractivity contribution in [1.82, 2.24) is 10.2 Å². The molecule has 7 heteroatoms. The Kier molecular flexibility index (Phi) is 6.24. The number of carbonyl (C=O) groups excluding carboxylic acids is 2. The summed E-state index contributed by atoms with van der Waals surface area (Å²) in [6, 6.07) is 22.9. The summed E-state index contributed by atoms with van der Waals surface area (Å²) >= 11 is 6.12.